The van der Waals surface area contributed by atoms with Crippen molar-refractivity contribution in [2.45, 2.75) is 219 Å². The number of carbonyl (C=O) groups is 8. The number of ether oxygens (including phenoxy) is 1. The number of nitrogens with zero attached hydrogens (tertiary/aromatic N) is 6. The lowest BCUT2D eigenvalue weighted by molar-refractivity contribution is -0.138. The summed E-state index contributed by atoms with van der Waals surface area (Å²) in [4.78, 5) is 119. The van der Waals surface area contributed by atoms with Crippen molar-refractivity contribution >= 4 is 170 Å². The third kappa shape index (κ3) is 17.3. The van der Waals surface area contributed by atoms with E-state index in [4.69, 9.17) is 29.2 Å². The maximum atomic E-state index is 13.2. The molecule has 7 heterocycles. The van der Waals surface area contributed by atoms with Crippen LogP contribution >= 0.6 is 107 Å². The fraction of sp³-hybridized carbons (Fsp3) is 0.415. The average molecular weight is 1610 g/mol. The summed E-state index contributed by atoms with van der Waals surface area (Å²) < 4.78 is 8.03. The summed E-state index contributed by atoms with van der Waals surface area (Å²) in [5.74, 6) is -3.33. The topological polar surface area (TPSA) is 185 Å². The molecule has 3 fully saturated rings. The van der Waals surface area contributed by atoms with Gasteiger partial charge in [-0.2, -0.15) is 0 Å². The number of rotatable bonds is 12. The van der Waals surface area contributed by atoms with E-state index in [0.29, 0.717) is 63.2 Å². The summed E-state index contributed by atoms with van der Waals surface area (Å²) in [5.41, 5.74) is 8.02. The third-order valence-electron chi connectivity index (χ3n) is 19.0. The molecule has 1 aliphatic carbocycles. The number of thiocarbonyl (C=S) groups is 2. The zero-order valence-corrected chi connectivity index (χ0v) is 71.4. The van der Waals surface area contributed by atoms with Crippen molar-refractivity contribution in [3.8, 4) is 0 Å². The van der Waals surface area contributed by atoms with E-state index in [1.165, 1.54) is 120 Å². The predicted molar refractivity (Wildman–Crippen MR) is 446 cm³/mol. The van der Waals surface area contributed by atoms with Gasteiger partial charge in [-0.3, -0.25) is 58.1 Å². The maximum absolute atomic E-state index is 13.2. The van der Waals surface area contributed by atoms with Crippen molar-refractivity contribution < 1.29 is 48.2 Å². The number of unbranched alkanes of at least 4 members (excludes halogenated alkanes) is 4. The number of ketones is 1. The largest absolute Gasteiger partial charge is 0.481 e. The van der Waals surface area contributed by atoms with Crippen LogP contribution in [0, 0.1) is 0 Å². The molecule has 5 aromatic rings. The number of anilines is 1. The Morgan fingerprint density at radius 1 is 0.439 bits per heavy atom. The van der Waals surface area contributed by atoms with Crippen LogP contribution in [0.15, 0.2) is 172 Å². The number of carbonyl (C=O) groups excluding carboxylic acids is 7. The number of hydrogen-bond donors (Lipinski definition) is 1. The summed E-state index contributed by atoms with van der Waals surface area (Å²) in [7, 11) is 0. The molecule has 0 bridgehead atoms. The summed E-state index contributed by atoms with van der Waals surface area (Å²) in [6.07, 6.45) is 5.75. The normalized spacial score (nSPS) is 19.3. The van der Waals surface area contributed by atoms with Gasteiger partial charge in [-0.25, -0.2) is 4.79 Å². The standard InChI is InChI=1S/C23H23NO3S.C21H27NO2S3.C19H22N2O3S2.C19H22N2O2S3/c1-5-24-16-11-10-13(23(2,3)4)12-17(16)28-21(24)19-18(22(26)27)14-8-6-7-9-15(14)20(19)25;1-5-6-7-8-9-12-22-18(23)17(24-20(22)25)19-26-15-11-10-14(21(2,3)4)13-16(15)27-19;2*1-6-20-15(22)14(16(23)21(7-2)18(20)24)17-25-12-9-8-11(19(3,4)5)10-13(12)26-17/h6-12,18H,5H2,1-4H3,(H,26,27);10-11,13H,5-9,12H2,1-4H3;2*8-10H,6-7H2,1-5H3/b21-19-;19-17-;;. The van der Waals surface area contributed by atoms with Crippen molar-refractivity contribution in [3.63, 3.8) is 0 Å². The number of barbiturate groups is 1. The molecule has 0 aromatic heterocycles. The van der Waals surface area contributed by atoms with Gasteiger partial charge in [0.25, 0.3) is 34.7 Å². The number of Topliss-reactive ketones (excluding diaryl/α,β-unsaturated/α-hetero) is 1. The highest BCUT2D eigenvalue weighted by molar-refractivity contribution is 8.25. The van der Waals surface area contributed by atoms with Gasteiger partial charge >= 0.3 is 12.0 Å². The van der Waals surface area contributed by atoms with Gasteiger partial charge in [0, 0.05) is 84.7 Å². The molecule has 0 radical (unpaired) electrons. The molecular weight excluding hydrogens is 1520 g/mol. The first-order valence-electron chi connectivity index (χ1n) is 36.2. The van der Waals surface area contributed by atoms with Crippen LogP contribution < -0.4 is 4.90 Å². The van der Waals surface area contributed by atoms with Crippen LogP contribution in [0.3, 0.4) is 0 Å². The molecular formula is C82H94N6O10S9. The zero-order chi connectivity index (χ0) is 78.3. The number of benzene rings is 5. The van der Waals surface area contributed by atoms with E-state index in [-0.39, 0.29) is 69.4 Å². The maximum Gasteiger partial charge on any atom is 0.333 e. The Kier molecular flexibility index (Phi) is 26.0. The Morgan fingerprint density at radius 2 is 0.832 bits per heavy atom. The minimum Gasteiger partial charge on any atom is -0.481 e. The fourth-order valence-electron chi connectivity index (χ4n) is 12.7. The molecule has 107 heavy (non-hydrogen) atoms. The Labute approximate surface area is 670 Å². The second-order valence-corrected chi connectivity index (χ2v) is 39.3. The fourth-order valence-corrected chi connectivity index (χ4v) is 22.3. The van der Waals surface area contributed by atoms with Crippen molar-refractivity contribution in [2.75, 3.05) is 44.2 Å². The Morgan fingerprint density at radius 3 is 1.26 bits per heavy atom. The first-order valence-corrected chi connectivity index (χ1v) is 42.8. The second-order valence-electron chi connectivity index (χ2n) is 30.5. The number of imide groups is 2. The monoisotopic (exact) mass is 1610 g/mol. The van der Waals surface area contributed by atoms with Crippen molar-refractivity contribution in [1.29, 1.82) is 0 Å². The Bertz CT molecular complexity index is 4450. The number of amides is 7. The van der Waals surface area contributed by atoms with E-state index in [0.717, 1.165) is 66.3 Å². The third-order valence-corrected chi connectivity index (χ3v) is 28.5. The highest BCUT2D eigenvalue weighted by Gasteiger charge is 2.47. The molecule has 7 aliphatic heterocycles. The molecule has 13 rings (SSSR count). The zero-order valence-electron chi connectivity index (χ0n) is 64.1. The van der Waals surface area contributed by atoms with Crippen LogP contribution in [0.4, 0.5) is 10.5 Å². The SMILES string of the molecule is CCCCCCCN1C(=O)/C(=C2\Sc3ccc(C(C)(C)C)cc3S2)OC1=S.CCN1/C(=C2/C(=O)c3ccccc3C2C(=O)O)Sc2cc(C(C)(C)C)ccc21.CCN1C(=O)C(=C2Sc3ccc(C(C)(C)C)cc3S2)C(=O)N(CC)C1=O.CCN1C(=O)C(=C2Sc3ccc(C(C)(C)C)cc3S2)C(=O)N(CC)C1=S. The molecule has 0 saturated carbocycles. The van der Waals surface area contributed by atoms with Crippen LogP contribution in [0.5, 0.6) is 0 Å². The van der Waals surface area contributed by atoms with Crippen molar-refractivity contribution in [2.24, 2.45) is 0 Å². The van der Waals surface area contributed by atoms with Gasteiger partial charge in [0.1, 0.15) is 17.1 Å². The van der Waals surface area contributed by atoms with Gasteiger partial charge < -0.3 is 14.7 Å². The van der Waals surface area contributed by atoms with Gasteiger partial charge in [0.2, 0.25) is 5.76 Å². The number of fused-ring (bicyclic) bond motifs is 5. The van der Waals surface area contributed by atoms with Crippen molar-refractivity contribution in [3.05, 3.63) is 171 Å². The number of likely N-dealkylation sites (N-methyl/N-ethyl adjacent to an activating group) is 4. The van der Waals surface area contributed by atoms with E-state index in [2.05, 4.69) is 162 Å². The lowest BCUT2D eigenvalue weighted by Gasteiger charge is -2.35. The van der Waals surface area contributed by atoms with Gasteiger partial charge in [0.15, 0.2) is 10.9 Å². The number of carboxylic acids is 1. The van der Waals surface area contributed by atoms with Crippen molar-refractivity contribution in [1.82, 2.24) is 24.5 Å². The lowest BCUT2D eigenvalue weighted by Crippen LogP contribution is -2.56. The first kappa shape index (κ1) is 82.9. The van der Waals surface area contributed by atoms with E-state index < -0.39 is 29.7 Å². The highest BCUT2D eigenvalue weighted by atomic mass is 32.2. The molecule has 5 aromatic carbocycles. The lowest BCUT2D eigenvalue weighted by atomic mass is 9.87. The first-order chi connectivity index (χ1) is 50.4. The number of aliphatic carboxylic acids is 1. The van der Waals surface area contributed by atoms with Gasteiger partial charge in [0.05, 0.1) is 23.4 Å². The van der Waals surface area contributed by atoms with E-state index in [1.807, 2.05) is 26.8 Å². The highest BCUT2D eigenvalue weighted by Crippen LogP contribution is 2.58. The smallest absolute Gasteiger partial charge is 0.333 e. The van der Waals surface area contributed by atoms with Crippen LogP contribution in [0.25, 0.3) is 0 Å². The van der Waals surface area contributed by atoms with Gasteiger partial charge in [-0.1, -0.05) is 247 Å². The van der Waals surface area contributed by atoms with Crippen LogP contribution in [0.1, 0.15) is 201 Å². The minimum atomic E-state index is -0.983. The summed E-state index contributed by atoms with van der Waals surface area (Å²) >= 11 is 21.3. The minimum absolute atomic E-state index is 0.0194. The molecule has 1 atom stereocenters. The molecule has 1 unspecified atom stereocenters. The molecule has 25 heteroatoms. The molecule has 1 N–H and O–H groups in total. The van der Waals surface area contributed by atoms with Crippen LogP contribution in [0.2, 0.25) is 0 Å². The van der Waals surface area contributed by atoms with E-state index in [9.17, 15) is 43.5 Å². The number of thioether (sulfide) groups is 7. The van der Waals surface area contributed by atoms with Gasteiger partial charge in [-0.05, 0) is 163 Å². The van der Waals surface area contributed by atoms with E-state index >= 15 is 0 Å². The molecule has 7 amide bonds. The number of carboxylic acid groups (broad SMARTS) is 1. The molecule has 16 nitrogen and oxygen atoms in total. The van der Waals surface area contributed by atoms with Crippen LogP contribution in [-0.2, 0) is 55.2 Å². The van der Waals surface area contributed by atoms with E-state index in [1.54, 1.807) is 66.5 Å². The second kappa shape index (κ2) is 33.6. The molecule has 8 aliphatic rings. The molecule has 3 saturated heterocycles. The molecule has 566 valence electrons. The molecule has 0 spiro atoms. The van der Waals surface area contributed by atoms with Gasteiger partial charge in [-0.15, -0.1) is 0 Å². The quantitative estimate of drug-likeness (QED) is 0.0537. The average Bonchev–Trinajstić information content (AvgIpc) is 1.62. The number of hydrogen-bond acceptors (Lipinski definition) is 19. The Balaban J connectivity index is 0.000000153. The summed E-state index contributed by atoms with van der Waals surface area (Å²) in [5, 5.41) is 11.3. The Hall–Kier alpha value is -6.55. The summed E-state index contributed by atoms with van der Waals surface area (Å²) in [6, 6.07) is 32.1. The summed E-state index contributed by atoms with van der Waals surface area (Å²) in [6.45, 7) is 40.3. The number of urea groups is 1. The predicted octanol–water partition coefficient (Wildman–Crippen LogP) is 20.3. The van der Waals surface area contributed by atoms with Crippen LogP contribution in [-0.4, -0.2) is 126 Å².